The van der Waals surface area contributed by atoms with Gasteiger partial charge in [0, 0.05) is 23.1 Å². The number of hydrogen-bond donors (Lipinski definition) is 1. The maximum Gasteiger partial charge on any atom is 0.419 e. The molecule has 3 aromatic rings. The summed E-state index contributed by atoms with van der Waals surface area (Å²) >= 11 is 1.86. The predicted molar refractivity (Wildman–Crippen MR) is 108 cm³/mol. The Morgan fingerprint density at radius 3 is 2.70 bits per heavy atom. The Balaban J connectivity index is 1.42. The van der Waals surface area contributed by atoms with Gasteiger partial charge in [0.2, 0.25) is 5.91 Å². The van der Waals surface area contributed by atoms with Crippen molar-refractivity contribution in [1.29, 1.82) is 0 Å². The molecule has 0 bridgehead atoms. The van der Waals surface area contributed by atoms with Crippen molar-refractivity contribution in [2.45, 2.75) is 48.8 Å². The van der Waals surface area contributed by atoms with Gasteiger partial charge in [-0.3, -0.25) is 9.36 Å². The molecule has 0 aliphatic heterocycles. The summed E-state index contributed by atoms with van der Waals surface area (Å²) in [5.41, 5.74) is 2.11. The second-order valence-corrected chi connectivity index (χ2v) is 8.15. The highest BCUT2D eigenvalue weighted by molar-refractivity contribution is 8.00. The SMILES string of the molecule is O=C(CCn1c(=O)oc2ccccc21)Nc1ccccc1SC1CCCC1. The van der Waals surface area contributed by atoms with E-state index in [0.717, 1.165) is 10.6 Å². The van der Waals surface area contributed by atoms with Crippen molar-refractivity contribution in [2.75, 3.05) is 5.32 Å². The predicted octanol–water partition coefficient (Wildman–Crippen LogP) is 4.66. The van der Waals surface area contributed by atoms with Crippen LogP contribution in [0.25, 0.3) is 11.1 Å². The number of carbonyl (C=O) groups excluding carboxylic acids is 1. The molecule has 0 atom stereocenters. The third-order valence-electron chi connectivity index (χ3n) is 4.89. The van der Waals surface area contributed by atoms with Gasteiger partial charge in [-0.05, 0) is 37.1 Å². The summed E-state index contributed by atoms with van der Waals surface area (Å²) < 4.78 is 6.72. The maximum absolute atomic E-state index is 12.5. The Labute approximate surface area is 161 Å². The van der Waals surface area contributed by atoms with Gasteiger partial charge < -0.3 is 9.73 Å². The number of aromatic nitrogens is 1. The van der Waals surface area contributed by atoms with E-state index in [1.54, 1.807) is 6.07 Å². The van der Waals surface area contributed by atoms with Gasteiger partial charge in [0.15, 0.2) is 5.58 Å². The summed E-state index contributed by atoms with van der Waals surface area (Å²) in [4.78, 5) is 25.6. The monoisotopic (exact) mass is 382 g/mol. The number of amides is 1. The van der Waals surface area contributed by atoms with Gasteiger partial charge in [-0.25, -0.2) is 4.79 Å². The zero-order valence-corrected chi connectivity index (χ0v) is 15.8. The number of benzene rings is 2. The zero-order chi connectivity index (χ0) is 18.6. The Hall–Kier alpha value is -2.47. The number of nitrogens with zero attached hydrogens (tertiary/aromatic N) is 1. The van der Waals surface area contributed by atoms with Crippen molar-refractivity contribution in [3.63, 3.8) is 0 Å². The Morgan fingerprint density at radius 1 is 1.11 bits per heavy atom. The summed E-state index contributed by atoms with van der Waals surface area (Å²) in [6, 6.07) is 15.2. The Bertz CT molecular complexity index is 1000. The van der Waals surface area contributed by atoms with Crippen LogP contribution in [0.2, 0.25) is 0 Å². The first-order valence-corrected chi connectivity index (χ1v) is 10.2. The topological polar surface area (TPSA) is 64.2 Å². The van der Waals surface area contributed by atoms with Crippen LogP contribution in [-0.4, -0.2) is 15.7 Å². The molecule has 2 aromatic carbocycles. The molecule has 1 heterocycles. The van der Waals surface area contributed by atoms with E-state index in [1.807, 2.05) is 48.2 Å². The van der Waals surface area contributed by atoms with E-state index in [2.05, 4.69) is 11.4 Å². The van der Waals surface area contributed by atoms with Crippen molar-refractivity contribution in [2.24, 2.45) is 0 Å². The number of carbonyl (C=O) groups is 1. The van der Waals surface area contributed by atoms with Gasteiger partial charge in [0.1, 0.15) is 0 Å². The molecule has 5 nitrogen and oxygen atoms in total. The van der Waals surface area contributed by atoms with Crippen molar-refractivity contribution in [3.8, 4) is 0 Å². The number of nitrogens with one attached hydrogen (secondary N) is 1. The van der Waals surface area contributed by atoms with Crippen LogP contribution in [-0.2, 0) is 11.3 Å². The fraction of sp³-hybridized carbons (Fsp3) is 0.333. The van der Waals surface area contributed by atoms with E-state index in [9.17, 15) is 9.59 Å². The molecule has 1 N–H and O–H groups in total. The van der Waals surface area contributed by atoms with E-state index >= 15 is 0 Å². The van der Waals surface area contributed by atoms with Crippen molar-refractivity contribution >= 4 is 34.5 Å². The number of para-hydroxylation sites is 3. The number of rotatable bonds is 6. The van der Waals surface area contributed by atoms with Crippen LogP contribution in [0.4, 0.5) is 5.69 Å². The first kappa shape index (κ1) is 17.9. The maximum atomic E-state index is 12.5. The van der Waals surface area contributed by atoms with Crippen molar-refractivity contribution in [3.05, 3.63) is 59.1 Å². The molecular formula is C21H22N2O3S. The summed E-state index contributed by atoms with van der Waals surface area (Å²) in [7, 11) is 0. The van der Waals surface area contributed by atoms with Gasteiger partial charge in [-0.2, -0.15) is 0 Å². The molecule has 0 unspecified atom stereocenters. The lowest BCUT2D eigenvalue weighted by Gasteiger charge is -2.14. The molecule has 1 amide bonds. The van der Waals surface area contributed by atoms with Crippen LogP contribution in [0.15, 0.2) is 62.6 Å². The van der Waals surface area contributed by atoms with Crippen LogP contribution in [0.1, 0.15) is 32.1 Å². The fourth-order valence-corrected chi connectivity index (χ4v) is 4.84. The normalized spacial score (nSPS) is 14.7. The van der Waals surface area contributed by atoms with Gasteiger partial charge in [0.25, 0.3) is 0 Å². The van der Waals surface area contributed by atoms with Crippen LogP contribution < -0.4 is 11.1 Å². The molecule has 0 saturated heterocycles. The zero-order valence-electron chi connectivity index (χ0n) is 15.0. The minimum Gasteiger partial charge on any atom is -0.408 e. The molecule has 1 aromatic heterocycles. The molecule has 1 aliphatic carbocycles. The highest BCUT2D eigenvalue weighted by Crippen LogP contribution is 2.38. The van der Waals surface area contributed by atoms with E-state index in [-0.39, 0.29) is 12.3 Å². The molecule has 0 radical (unpaired) electrons. The quantitative estimate of drug-likeness (QED) is 0.673. The molecule has 140 valence electrons. The second kappa shape index (κ2) is 8.05. The lowest BCUT2D eigenvalue weighted by Crippen LogP contribution is -2.20. The highest BCUT2D eigenvalue weighted by Gasteiger charge is 2.18. The smallest absolute Gasteiger partial charge is 0.408 e. The minimum absolute atomic E-state index is 0.105. The minimum atomic E-state index is -0.429. The molecule has 1 fully saturated rings. The number of oxazole rings is 1. The third kappa shape index (κ3) is 4.11. The molecular weight excluding hydrogens is 360 g/mol. The molecule has 1 saturated carbocycles. The third-order valence-corrected chi connectivity index (χ3v) is 6.31. The van der Waals surface area contributed by atoms with E-state index in [0.29, 0.717) is 22.9 Å². The van der Waals surface area contributed by atoms with Gasteiger partial charge >= 0.3 is 5.76 Å². The summed E-state index contributed by atoms with van der Waals surface area (Å²) in [6.45, 7) is 0.291. The van der Waals surface area contributed by atoms with E-state index in [1.165, 1.54) is 30.3 Å². The van der Waals surface area contributed by atoms with Crippen LogP contribution in [0.5, 0.6) is 0 Å². The first-order valence-electron chi connectivity index (χ1n) is 9.34. The molecule has 1 aliphatic rings. The van der Waals surface area contributed by atoms with Crippen LogP contribution in [0.3, 0.4) is 0 Å². The largest absolute Gasteiger partial charge is 0.419 e. The molecule has 0 spiro atoms. The van der Waals surface area contributed by atoms with Gasteiger partial charge in [-0.1, -0.05) is 37.1 Å². The molecule has 27 heavy (non-hydrogen) atoms. The summed E-state index contributed by atoms with van der Waals surface area (Å²) in [5.74, 6) is -0.534. The average Bonchev–Trinajstić information content (AvgIpc) is 3.28. The number of aryl methyl sites for hydroxylation is 1. The van der Waals surface area contributed by atoms with Crippen molar-refractivity contribution in [1.82, 2.24) is 4.57 Å². The first-order chi connectivity index (χ1) is 13.2. The van der Waals surface area contributed by atoms with Gasteiger partial charge in [-0.15, -0.1) is 11.8 Å². The highest BCUT2D eigenvalue weighted by atomic mass is 32.2. The number of hydrogen-bond acceptors (Lipinski definition) is 4. The van der Waals surface area contributed by atoms with E-state index in [4.69, 9.17) is 4.42 Å². The molecule has 4 rings (SSSR count). The lowest BCUT2D eigenvalue weighted by atomic mass is 10.3. The van der Waals surface area contributed by atoms with Crippen LogP contribution >= 0.6 is 11.8 Å². The van der Waals surface area contributed by atoms with Gasteiger partial charge in [0.05, 0.1) is 11.2 Å². The standard InChI is InChI=1S/C21H22N2O3S/c24-20(13-14-23-17-10-4-5-11-18(17)26-21(23)25)22-16-9-3-6-12-19(16)27-15-7-1-2-8-15/h3-6,9-12,15H,1-2,7-8,13-14H2,(H,22,24). The average molecular weight is 382 g/mol. The van der Waals surface area contributed by atoms with E-state index < -0.39 is 5.76 Å². The second-order valence-electron chi connectivity index (χ2n) is 6.81. The number of thioether (sulfide) groups is 1. The summed E-state index contributed by atoms with van der Waals surface area (Å²) in [5, 5.41) is 3.65. The Kier molecular flexibility index (Phi) is 5.34. The molecule has 6 heteroatoms. The number of fused-ring (bicyclic) bond motifs is 1. The fourth-order valence-electron chi connectivity index (χ4n) is 3.51. The lowest BCUT2D eigenvalue weighted by molar-refractivity contribution is -0.116. The number of anilines is 1. The van der Waals surface area contributed by atoms with Crippen LogP contribution in [0, 0.1) is 0 Å². The van der Waals surface area contributed by atoms with Crippen molar-refractivity contribution < 1.29 is 9.21 Å². The Morgan fingerprint density at radius 2 is 1.85 bits per heavy atom. The summed E-state index contributed by atoms with van der Waals surface area (Å²) in [6.07, 6.45) is 5.28.